The standard InChI is InChI=1S/C19H23N5O2/c25-17(26)14-3-8-20-16(13-14)15-4-9-21-18(23-15)22-10-7-19-5-1-11-24(19)12-2-6-19/h3-4,8-9,13H,1-2,5-7,10-12H2,(H,25,26)(H,21,22,23). The Morgan fingerprint density at radius 3 is 2.69 bits per heavy atom. The van der Waals surface area contributed by atoms with Gasteiger partial charge in [0, 0.05) is 24.5 Å². The number of nitrogens with one attached hydrogen (secondary N) is 1. The molecule has 2 aliphatic rings. The molecule has 0 radical (unpaired) electrons. The van der Waals surface area contributed by atoms with Crippen LogP contribution < -0.4 is 5.32 Å². The normalized spacial score (nSPS) is 18.6. The third-order valence-electron chi connectivity index (χ3n) is 5.61. The molecule has 0 bridgehead atoms. The first kappa shape index (κ1) is 16.9. The fraction of sp³-hybridized carbons (Fsp3) is 0.474. The molecule has 2 fully saturated rings. The number of fused-ring (bicyclic) bond motifs is 1. The topological polar surface area (TPSA) is 91.2 Å². The molecule has 0 atom stereocenters. The summed E-state index contributed by atoms with van der Waals surface area (Å²) in [5.74, 6) is -0.415. The highest BCUT2D eigenvalue weighted by atomic mass is 16.4. The molecule has 7 heteroatoms. The summed E-state index contributed by atoms with van der Waals surface area (Å²) in [7, 11) is 0. The number of hydrogen-bond donors (Lipinski definition) is 2. The van der Waals surface area contributed by atoms with Crippen LogP contribution in [0.25, 0.3) is 11.4 Å². The number of hydrogen-bond acceptors (Lipinski definition) is 6. The van der Waals surface area contributed by atoms with E-state index in [1.165, 1.54) is 57.1 Å². The summed E-state index contributed by atoms with van der Waals surface area (Å²) >= 11 is 0. The minimum atomic E-state index is -0.974. The number of rotatable bonds is 6. The average molecular weight is 353 g/mol. The van der Waals surface area contributed by atoms with Crippen LogP contribution in [0.15, 0.2) is 30.6 Å². The average Bonchev–Trinajstić information content (AvgIpc) is 3.22. The highest BCUT2D eigenvalue weighted by Gasteiger charge is 2.43. The zero-order valence-electron chi connectivity index (χ0n) is 14.7. The molecule has 4 rings (SSSR count). The first-order valence-corrected chi connectivity index (χ1v) is 9.18. The van der Waals surface area contributed by atoms with Crippen molar-refractivity contribution in [2.75, 3.05) is 25.0 Å². The largest absolute Gasteiger partial charge is 0.478 e. The van der Waals surface area contributed by atoms with Crippen molar-refractivity contribution in [2.45, 2.75) is 37.6 Å². The van der Waals surface area contributed by atoms with Crippen LogP contribution in [0, 0.1) is 0 Å². The minimum Gasteiger partial charge on any atom is -0.478 e. The number of nitrogens with zero attached hydrogens (tertiary/aromatic N) is 4. The van der Waals surface area contributed by atoms with Crippen molar-refractivity contribution < 1.29 is 9.90 Å². The van der Waals surface area contributed by atoms with Crippen molar-refractivity contribution in [3.8, 4) is 11.4 Å². The molecule has 0 aliphatic carbocycles. The Hall–Kier alpha value is -2.54. The van der Waals surface area contributed by atoms with Crippen molar-refractivity contribution in [2.24, 2.45) is 0 Å². The van der Waals surface area contributed by atoms with Gasteiger partial charge in [0.05, 0.1) is 17.0 Å². The molecule has 2 saturated heterocycles. The molecule has 0 amide bonds. The van der Waals surface area contributed by atoms with E-state index < -0.39 is 5.97 Å². The number of anilines is 1. The Kier molecular flexibility index (Phi) is 4.55. The highest BCUT2D eigenvalue weighted by Crippen LogP contribution is 2.41. The Morgan fingerprint density at radius 1 is 1.15 bits per heavy atom. The molecule has 0 spiro atoms. The van der Waals surface area contributed by atoms with Crippen LogP contribution in [0.5, 0.6) is 0 Å². The maximum atomic E-state index is 11.1. The van der Waals surface area contributed by atoms with Gasteiger partial charge in [0.15, 0.2) is 0 Å². The molecule has 0 saturated carbocycles. The van der Waals surface area contributed by atoms with Gasteiger partial charge < -0.3 is 10.4 Å². The third kappa shape index (κ3) is 3.26. The number of carboxylic acid groups (broad SMARTS) is 1. The smallest absolute Gasteiger partial charge is 0.335 e. The maximum Gasteiger partial charge on any atom is 0.335 e. The summed E-state index contributed by atoms with van der Waals surface area (Å²) in [5.41, 5.74) is 1.73. The van der Waals surface area contributed by atoms with Gasteiger partial charge in [-0.2, -0.15) is 0 Å². The second-order valence-corrected chi connectivity index (χ2v) is 7.10. The molecule has 4 heterocycles. The van der Waals surface area contributed by atoms with Gasteiger partial charge in [-0.15, -0.1) is 0 Å². The van der Waals surface area contributed by atoms with Gasteiger partial charge in [-0.05, 0) is 63.4 Å². The number of pyridine rings is 1. The van der Waals surface area contributed by atoms with Gasteiger partial charge >= 0.3 is 5.97 Å². The molecule has 2 aromatic heterocycles. The first-order chi connectivity index (χ1) is 12.7. The zero-order valence-corrected chi connectivity index (χ0v) is 14.7. The predicted molar refractivity (Wildman–Crippen MR) is 98.1 cm³/mol. The lowest BCUT2D eigenvalue weighted by atomic mass is 9.90. The summed E-state index contributed by atoms with van der Waals surface area (Å²) in [6, 6.07) is 4.75. The van der Waals surface area contributed by atoms with Gasteiger partial charge in [0.25, 0.3) is 0 Å². The van der Waals surface area contributed by atoms with Gasteiger partial charge in [-0.25, -0.2) is 14.8 Å². The van der Waals surface area contributed by atoms with Crippen LogP contribution in [0.4, 0.5) is 5.95 Å². The van der Waals surface area contributed by atoms with E-state index in [1.807, 2.05) is 0 Å². The molecule has 26 heavy (non-hydrogen) atoms. The number of aromatic carboxylic acids is 1. The molecular weight excluding hydrogens is 330 g/mol. The van der Waals surface area contributed by atoms with Crippen molar-refractivity contribution >= 4 is 11.9 Å². The van der Waals surface area contributed by atoms with Crippen molar-refractivity contribution in [1.82, 2.24) is 19.9 Å². The maximum absolute atomic E-state index is 11.1. The van der Waals surface area contributed by atoms with E-state index in [4.69, 9.17) is 5.11 Å². The molecule has 0 unspecified atom stereocenters. The second-order valence-electron chi connectivity index (χ2n) is 7.10. The Balaban J connectivity index is 1.43. The Morgan fingerprint density at radius 2 is 1.92 bits per heavy atom. The molecule has 0 aromatic carbocycles. The van der Waals surface area contributed by atoms with Crippen molar-refractivity contribution in [3.63, 3.8) is 0 Å². The van der Waals surface area contributed by atoms with Crippen LogP contribution >= 0.6 is 0 Å². The number of carbonyl (C=O) groups is 1. The zero-order chi connectivity index (χ0) is 18.0. The molecule has 136 valence electrons. The van der Waals surface area contributed by atoms with E-state index in [2.05, 4.69) is 25.2 Å². The first-order valence-electron chi connectivity index (χ1n) is 9.18. The van der Waals surface area contributed by atoms with E-state index in [-0.39, 0.29) is 5.56 Å². The van der Waals surface area contributed by atoms with Crippen LogP contribution in [0.2, 0.25) is 0 Å². The van der Waals surface area contributed by atoms with Crippen molar-refractivity contribution in [3.05, 3.63) is 36.2 Å². The fourth-order valence-electron chi connectivity index (χ4n) is 4.33. The predicted octanol–water partition coefficient (Wildman–Crippen LogP) is 2.67. The summed E-state index contributed by atoms with van der Waals surface area (Å²) < 4.78 is 0. The van der Waals surface area contributed by atoms with E-state index >= 15 is 0 Å². The number of carboxylic acids is 1. The monoisotopic (exact) mass is 353 g/mol. The molecule has 2 aliphatic heterocycles. The minimum absolute atomic E-state index is 0.199. The third-order valence-corrected chi connectivity index (χ3v) is 5.61. The van der Waals surface area contributed by atoms with Crippen LogP contribution in [-0.2, 0) is 0 Å². The lowest BCUT2D eigenvalue weighted by molar-refractivity contribution is 0.0697. The van der Waals surface area contributed by atoms with Crippen LogP contribution in [0.3, 0.4) is 0 Å². The van der Waals surface area contributed by atoms with E-state index in [1.54, 1.807) is 12.3 Å². The lowest BCUT2D eigenvalue weighted by Gasteiger charge is -2.32. The van der Waals surface area contributed by atoms with Gasteiger partial charge in [-0.1, -0.05) is 0 Å². The summed E-state index contributed by atoms with van der Waals surface area (Å²) in [6.45, 7) is 3.30. The molecular formula is C19H23N5O2. The van der Waals surface area contributed by atoms with Gasteiger partial charge in [0.1, 0.15) is 0 Å². The lowest BCUT2D eigenvalue weighted by Crippen LogP contribution is -2.39. The molecule has 7 nitrogen and oxygen atoms in total. The van der Waals surface area contributed by atoms with Gasteiger partial charge in [0.2, 0.25) is 5.95 Å². The number of aromatic nitrogens is 3. The summed E-state index contributed by atoms with van der Waals surface area (Å²) in [5, 5.41) is 12.5. The SMILES string of the molecule is O=C(O)c1ccnc(-c2ccnc(NCCC34CCCN3CCC4)n2)c1. The summed E-state index contributed by atoms with van der Waals surface area (Å²) in [6.07, 6.45) is 9.46. The van der Waals surface area contributed by atoms with Crippen LogP contribution in [-0.4, -0.2) is 56.1 Å². The molecule has 2 N–H and O–H groups in total. The quantitative estimate of drug-likeness (QED) is 0.825. The van der Waals surface area contributed by atoms with Crippen molar-refractivity contribution in [1.29, 1.82) is 0 Å². The van der Waals surface area contributed by atoms with E-state index in [9.17, 15) is 4.79 Å². The molecule has 2 aromatic rings. The Bertz CT molecular complexity index is 800. The summed E-state index contributed by atoms with van der Waals surface area (Å²) in [4.78, 5) is 26.8. The Labute approximate surface area is 152 Å². The van der Waals surface area contributed by atoms with Crippen LogP contribution in [0.1, 0.15) is 42.5 Å². The van der Waals surface area contributed by atoms with Gasteiger partial charge in [-0.3, -0.25) is 9.88 Å². The van der Waals surface area contributed by atoms with E-state index in [0.29, 0.717) is 22.9 Å². The van der Waals surface area contributed by atoms with E-state index in [0.717, 1.165) is 13.0 Å². The fourth-order valence-corrected chi connectivity index (χ4v) is 4.33. The highest BCUT2D eigenvalue weighted by molar-refractivity contribution is 5.88. The second kappa shape index (κ2) is 6.99.